The Morgan fingerprint density at radius 2 is 0.675 bits per heavy atom. The lowest BCUT2D eigenvalue weighted by atomic mass is 9.92. The third kappa shape index (κ3) is 5.48. The number of benzene rings is 4. The fraction of sp³-hybridized carbons (Fsp3) is 0.105. The number of pyridine rings is 2. The summed E-state index contributed by atoms with van der Waals surface area (Å²) in [5, 5.41) is 0. The van der Waals surface area contributed by atoms with E-state index in [1.54, 1.807) is 0 Å². The first kappa shape index (κ1) is 24.2. The molecule has 4 aromatic carbocycles. The van der Waals surface area contributed by atoms with Crippen LogP contribution >= 0.6 is 0 Å². The maximum atomic E-state index is 5.04. The summed E-state index contributed by atoms with van der Waals surface area (Å²) in [6.45, 7) is 0. The zero-order valence-corrected chi connectivity index (χ0v) is 22.4. The van der Waals surface area contributed by atoms with Crippen LogP contribution in [0.3, 0.4) is 0 Å². The van der Waals surface area contributed by atoms with Crippen molar-refractivity contribution < 1.29 is 0 Å². The zero-order valence-electron chi connectivity index (χ0n) is 22.4. The second-order valence-corrected chi connectivity index (χ2v) is 10.8. The summed E-state index contributed by atoms with van der Waals surface area (Å²) in [5.41, 5.74) is 14.5. The molecule has 192 valence electrons. The normalized spacial score (nSPS) is 12.6. The Balaban J connectivity index is 1.39. The lowest BCUT2D eigenvalue weighted by Gasteiger charge is -2.14. The van der Waals surface area contributed by atoms with Crippen LogP contribution in [0, 0.1) is 0 Å². The Hall–Kier alpha value is -4.82. The van der Waals surface area contributed by atoms with Gasteiger partial charge in [0, 0.05) is 42.0 Å². The van der Waals surface area contributed by atoms with Crippen LogP contribution in [0.4, 0.5) is 0 Å². The van der Waals surface area contributed by atoms with E-state index in [4.69, 9.17) is 9.97 Å². The van der Waals surface area contributed by atoms with Gasteiger partial charge in [-0.25, -0.2) is 0 Å². The summed E-state index contributed by atoms with van der Waals surface area (Å²) in [4.78, 5) is 10.1. The lowest BCUT2D eigenvalue weighted by Crippen LogP contribution is -2.03. The average Bonchev–Trinajstić information content (AvgIpc) is 2.98. The van der Waals surface area contributed by atoms with Crippen LogP contribution in [0.2, 0.25) is 0 Å². The molecule has 2 heteroatoms. The van der Waals surface area contributed by atoms with E-state index in [2.05, 4.69) is 133 Å². The first-order valence-corrected chi connectivity index (χ1v) is 14.0. The SMILES string of the molecule is c1ccc(-c2cc3cc(c2)Cc2cccc(n2)Cc2cccc(n2)Cc2cc(cc(-c4ccccc4)c2)C3)cc1. The summed E-state index contributed by atoms with van der Waals surface area (Å²) >= 11 is 0. The van der Waals surface area contributed by atoms with Gasteiger partial charge < -0.3 is 0 Å². The van der Waals surface area contributed by atoms with Crippen LogP contribution in [0.25, 0.3) is 22.3 Å². The molecule has 2 nitrogen and oxygen atoms in total. The van der Waals surface area contributed by atoms with Crippen LogP contribution in [-0.4, -0.2) is 9.97 Å². The summed E-state index contributed by atoms with van der Waals surface area (Å²) < 4.78 is 0. The molecule has 2 aromatic heterocycles. The fourth-order valence-electron chi connectivity index (χ4n) is 5.82. The van der Waals surface area contributed by atoms with Crippen LogP contribution in [0.5, 0.6) is 0 Å². The Kier molecular flexibility index (Phi) is 6.51. The van der Waals surface area contributed by atoms with Crippen LogP contribution in [0.1, 0.15) is 45.0 Å². The van der Waals surface area contributed by atoms with Gasteiger partial charge in [-0.05, 0) is 75.2 Å². The molecular weight excluding hydrogens is 484 g/mol. The van der Waals surface area contributed by atoms with Crippen molar-refractivity contribution in [2.24, 2.45) is 0 Å². The lowest BCUT2D eigenvalue weighted by molar-refractivity contribution is 0.939. The number of nitrogens with zero attached hydrogens (tertiary/aromatic N) is 2. The Morgan fingerprint density at radius 1 is 0.300 bits per heavy atom. The maximum Gasteiger partial charge on any atom is 0.0466 e. The van der Waals surface area contributed by atoms with Crippen LogP contribution in [0.15, 0.2) is 133 Å². The molecule has 0 unspecified atom stereocenters. The van der Waals surface area contributed by atoms with E-state index < -0.39 is 0 Å². The number of hydrogen-bond acceptors (Lipinski definition) is 2. The highest BCUT2D eigenvalue weighted by Crippen LogP contribution is 2.28. The molecule has 1 aliphatic heterocycles. The molecule has 6 aromatic rings. The molecule has 0 fully saturated rings. The molecule has 0 saturated carbocycles. The van der Waals surface area contributed by atoms with Gasteiger partial charge in [0.25, 0.3) is 0 Å². The average molecular weight is 515 g/mol. The first-order chi connectivity index (χ1) is 19.7. The maximum absolute atomic E-state index is 5.04. The number of rotatable bonds is 2. The smallest absolute Gasteiger partial charge is 0.0466 e. The molecule has 0 spiro atoms. The molecule has 0 N–H and O–H groups in total. The van der Waals surface area contributed by atoms with E-state index in [1.807, 2.05) is 0 Å². The van der Waals surface area contributed by atoms with Crippen molar-refractivity contribution in [1.29, 1.82) is 0 Å². The van der Waals surface area contributed by atoms with Crippen molar-refractivity contribution in [3.05, 3.63) is 178 Å². The standard InChI is InChI=1S/C38H30N2/c1-3-9-31(10-4-1)33-20-27-17-28-19-30(23-34(21-28)32-11-5-2-6-12-32)25-36-14-8-16-38(40-36)26-37-15-7-13-35(39-37)24-29(18-27)22-33/h1-16,18-23H,17,24-26H2. The molecule has 0 radical (unpaired) electrons. The predicted molar refractivity (Wildman–Crippen MR) is 163 cm³/mol. The molecule has 0 aliphatic carbocycles. The van der Waals surface area contributed by atoms with Crippen molar-refractivity contribution in [1.82, 2.24) is 9.97 Å². The third-order valence-electron chi connectivity index (χ3n) is 7.59. The Labute approximate surface area is 236 Å². The van der Waals surface area contributed by atoms with Crippen molar-refractivity contribution >= 4 is 0 Å². The number of hydrogen-bond donors (Lipinski definition) is 0. The van der Waals surface area contributed by atoms with E-state index in [0.717, 1.165) is 48.5 Å². The minimum absolute atomic E-state index is 0.728. The molecule has 0 saturated heterocycles. The quantitative estimate of drug-likeness (QED) is 0.231. The van der Waals surface area contributed by atoms with Crippen LogP contribution < -0.4 is 0 Å². The molecule has 3 heterocycles. The van der Waals surface area contributed by atoms with Gasteiger partial charge in [0.2, 0.25) is 0 Å². The van der Waals surface area contributed by atoms with E-state index in [9.17, 15) is 0 Å². The minimum atomic E-state index is 0.728. The van der Waals surface area contributed by atoms with Crippen molar-refractivity contribution in [3.8, 4) is 22.3 Å². The van der Waals surface area contributed by atoms with E-state index in [-0.39, 0.29) is 0 Å². The van der Waals surface area contributed by atoms with Gasteiger partial charge in [-0.1, -0.05) is 109 Å². The van der Waals surface area contributed by atoms with Crippen molar-refractivity contribution in [3.63, 3.8) is 0 Å². The number of fused-ring (bicyclic) bond motifs is 8. The molecule has 1 aliphatic rings. The molecule has 0 atom stereocenters. The topological polar surface area (TPSA) is 25.8 Å². The van der Waals surface area contributed by atoms with Gasteiger partial charge in [-0.2, -0.15) is 0 Å². The van der Waals surface area contributed by atoms with Gasteiger partial charge in [0.05, 0.1) is 0 Å². The van der Waals surface area contributed by atoms with Gasteiger partial charge >= 0.3 is 0 Å². The summed E-state index contributed by atoms with van der Waals surface area (Å²) in [6, 6.07) is 48.3. The highest BCUT2D eigenvalue weighted by atomic mass is 14.7. The van der Waals surface area contributed by atoms with Gasteiger partial charge in [-0.3, -0.25) is 9.97 Å². The molecule has 8 bridgehead atoms. The van der Waals surface area contributed by atoms with E-state index in [1.165, 1.54) is 44.5 Å². The highest BCUT2D eigenvalue weighted by molar-refractivity contribution is 5.67. The van der Waals surface area contributed by atoms with E-state index in [0.29, 0.717) is 0 Å². The molecular formula is C38H30N2. The third-order valence-corrected chi connectivity index (χ3v) is 7.59. The Morgan fingerprint density at radius 3 is 1.10 bits per heavy atom. The molecule has 7 rings (SSSR count). The summed E-state index contributed by atoms with van der Waals surface area (Å²) in [5.74, 6) is 0. The van der Waals surface area contributed by atoms with Crippen LogP contribution in [-0.2, 0) is 25.7 Å². The highest BCUT2D eigenvalue weighted by Gasteiger charge is 2.11. The first-order valence-electron chi connectivity index (χ1n) is 14.0. The fourth-order valence-corrected chi connectivity index (χ4v) is 5.82. The second kappa shape index (κ2) is 10.7. The predicted octanol–water partition coefficient (Wildman–Crippen LogP) is 8.49. The van der Waals surface area contributed by atoms with Crippen molar-refractivity contribution in [2.75, 3.05) is 0 Å². The van der Waals surface area contributed by atoms with Gasteiger partial charge in [0.1, 0.15) is 0 Å². The van der Waals surface area contributed by atoms with E-state index >= 15 is 0 Å². The zero-order chi connectivity index (χ0) is 26.7. The number of aromatic nitrogens is 2. The van der Waals surface area contributed by atoms with Gasteiger partial charge in [-0.15, -0.1) is 0 Å². The summed E-state index contributed by atoms with van der Waals surface area (Å²) in [6.07, 6.45) is 3.18. The van der Waals surface area contributed by atoms with Gasteiger partial charge in [0.15, 0.2) is 0 Å². The molecule has 0 amide bonds. The monoisotopic (exact) mass is 514 g/mol. The Bertz CT molecular complexity index is 1660. The largest absolute Gasteiger partial charge is 0.257 e. The minimum Gasteiger partial charge on any atom is -0.257 e. The molecule has 40 heavy (non-hydrogen) atoms. The second-order valence-electron chi connectivity index (χ2n) is 10.8. The summed E-state index contributed by atoms with van der Waals surface area (Å²) in [7, 11) is 0. The van der Waals surface area contributed by atoms with Crippen molar-refractivity contribution in [2.45, 2.75) is 25.7 Å².